The van der Waals surface area contributed by atoms with Gasteiger partial charge < -0.3 is 10.0 Å². The number of hydrogen-bond acceptors (Lipinski definition) is 2. The van der Waals surface area contributed by atoms with E-state index in [1.165, 1.54) is 0 Å². The quantitative estimate of drug-likeness (QED) is 0.846. The van der Waals surface area contributed by atoms with E-state index < -0.39 is 5.97 Å². The SMILES string of the molecule is O=C(O)CCC1CCCN(C(=O)c2cc(Br)cc3ccccc23)C1. The number of nitrogens with zero attached hydrogens (tertiary/aromatic N) is 1. The van der Waals surface area contributed by atoms with Crippen LogP contribution in [0.4, 0.5) is 0 Å². The number of piperidine rings is 1. The fourth-order valence-electron chi connectivity index (χ4n) is 3.43. The van der Waals surface area contributed by atoms with Gasteiger partial charge in [0.25, 0.3) is 5.91 Å². The van der Waals surface area contributed by atoms with Crippen molar-refractivity contribution in [1.82, 2.24) is 4.90 Å². The summed E-state index contributed by atoms with van der Waals surface area (Å²) in [6, 6.07) is 11.8. The lowest BCUT2D eigenvalue weighted by Gasteiger charge is -2.33. The van der Waals surface area contributed by atoms with Gasteiger partial charge >= 0.3 is 5.97 Å². The lowest BCUT2D eigenvalue weighted by molar-refractivity contribution is -0.137. The highest BCUT2D eigenvalue weighted by atomic mass is 79.9. The largest absolute Gasteiger partial charge is 0.481 e. The smallest absolute Gasteiger partial charge is 0.303 e. The first-order valence-corrected chi connectivity index (χ1v) is 9.03. The molecule has 0 bridgehead atoms. The zero-order valence-electron chi connectivity index (χ0n) is 13.4. The van der Waals surface area contributed by atoms with E-state index in [9.17, 15) is 9.59 Å². The van der Waals surface area contributed by atoms with Crippen LogP contribution < -0.4 is 0 Å². The van der Waals surface area contributed by atoms with Crippen LogP contribution in [0.3, 0.4) is 0 Å². The molecule has 1 fully saturated rings. The summed E-state index contributed by atoms with van der Waals surface area (Å²) in [6.45, 7) is 1.39. The maximum Gasteiger partial charge on any atom is 0.303 e. The van der Waals surface area contributed by atoms with E-state index in [-0.39, 0.29) is 18.2 Å². The number of aliphatic carboxylic acids is 1. The van der Waals surface area contributed by atoms with E-state index >= 15 is 0 Å². The molecule has 2 aromatic rings. The number of benzene rings is 2. The van der Waals surface area contributed by atoms with Gasteiger partial charge in [0.1, 0.15) is 0 Å². The third-order valence-electron chi connectivity index (χ3n) is 4.63. The third kappa shape index (κ3) is 3.78. The van der Waals surface area contributed by atoms with Gasteiger partial charge in [-0.05, 0) is 48.1 Å². The van der Waals surface area contributed by atoms with Crippen molar-refractivity contribution >= 4 is 38.6 Å². The predicted octanol–water partition coefficient (Wildman–Crippen LogP) is 4.32. The molecule has 5 heteroatoms. The fourth-order valence-corrected chi connectivity index (χ4v) is 3.91. The summed E-state index contributed by atoms with van der Waals surface area (Å²) in [5.41, 5.74) is 0.707. The average Bonchev–Trinajstić information content (AvgIpc) is 2.58. The summed E-state index contributed by atoms with van der Waals surface area (Å²) >= 11 is 3.49. The molecule has 1 aliphatic heterocycles. The number of carboxylic acid groups (broad SMARTS) is 1. The van der Waals surface area contributed by atoms with E-state index in [0.717, 1.165) is 34.6 Å². The van der Waals surface area contributed by atoms with Gasteiger partial charge in [0.05, 0.1) is 0 Å². The second kappa shape index (κ2) is 7.34. The van der Waals surface area contributed by atoms with Crippen molar-refractivity contribution in [2.75, 3.05) is 13.1 Å². The molecule has 1 heterocycles. The van der Waals surface area contributed by atoms with Gasteiger partial charge in [-0.25, -0.2) is 0 Å². The van der Waals surface area contributed by atoms with Crippen molar-refractivity contribution < 1.29 is 14.7 Å². The average molecular weight is 390 g/mol. The molecule has 0 aromatic heterocycles. The van der Waals surface area contributed by atoms with Gasteiger partial charge in [-0.3, -0.25) is 9.59 Å². The molecular formula is C19H20BrNO3. The maximum absolute atomic E-state index is 13.0. The second-order valence-corrected chi connectivity index (χ2v) is 7.28. The van der Waals surface area contributed by atoms with Crippen LogP contribution in [0.5, 0.6) is 0 Å². The Morgan fingerprint density at radius 1 is 1.25 bits per heavy atom. The zero-order chi connectivity index (χ0) is 17.1. The third-order valence-corrected chi connectivity index (χ3v) is 5.09. The Hall–Kier alpha value is -1.88. The van der Waals surface area contributed by atoms with E-state index in [0.29, 0.717) is 18.5 Å². The Bertz CT molecular complexity index is 774. The highest BCUT2D eigenvalue weighted by Crippen LogP contribution is 2.28. The summed E-state index contributed by atoms with van der Waals surface area (Å²) in [5, 5.41) is 10.9. The van der Waals surface area contributed by atoms with E-state index in [1.807, 2.05) is 41.3 Å². The lowest BCUT2D eigenvalue weighted by Crippen LogP contribution is -2.40. The van der Waals surface area contributed by atoms with Gasteiger partial charge in [-0.1, -0.05) is 40.2 Å². The Balaban J connectivity index is 1.82. The van der Waals surface area contributed by atoms with Crippen molar-refractivity contribution in [1.29, 1.82) is 0 Å². The normalized spacial score (nSPS) is 17.9. The Labute approximate surface area is 149 Å². The highest BCUT2D eigenvalue weighted by molar-refractivity contribution is 9.10. The highest BCUT2D eigenvalue weighted by Gasteiger charge is 2.26. The molecule has 126 valence electrons. The van der Waals surface area contributed by atoms with Crippen LogP contribution in [-0.4, -0.2) is 35.0 Å². The molecule has 24 heavy (non-hydrogen) atoms. The molecule has 1 atom stereocenters. The van der Waals surface area contributed by atoms with Gasteiger partial charge in [0.2, 0.25) is 0 Å². The zero-order valence-corrected chi connectivity index (χ0v) is 15.0. The van der Waals surface area contributed by atoms with Gasteiger partial charge in [-0.2, -0.15) is 0 Å². The molecule has 4 nitrogen and oxygen atoms in total. The molecular weight excluding hydrogens is 370 g/mol. The predicted molar refractivity (Wildman–Crippen MR) is 97.1 cm³/mol. The molecule has 3 rings (SSSR count). The number of carbonyl (C=O) groups excluding carboxylic acids is 1. The Morgan fingerprint density at radius 2 is 2.04 bits per heavy atom. The first-order valence-electron chi connectivity index (χ1n) is 8.24. The molecule has 1 unspecified atom stereocenters. The van der Waals surface area contributed by atoms with Gasteiger partial charge in [0, 0.05) is 29.5 Å². The molecule has 0 spiro atoms. The molecule has 0 aliphatic carbocycles. The topological polar surface area (TPSA) is 57.6 Å². The number of hydrogen-bond donors (Lipinski definition) is 1. The van der Waals surface area contributed by atoms with Crippen LogP contribution in [0.15, 0.2) is 40.9 Å². The summed E-state index contributed by atoms with van der Waals surface area (Å²) < 4.78 is 0.893. The van der Waals surface area contributed by atoms with Crippen LogP contribution in [0.2, 0.25) is 0 Å². The molecule has 2 aromatic carbocycles. The molecule has 0 radical (unpaired) electrons. The van der Waals surface area contributed by atoms with Crippen molar-refractivity contribution in [3.63, 3.8) is 0 Å². The lowest BCUT2D eigenvalue weighted by atomic mass is 9.92. The molecule has 1 aliphatic rings. The van der Waals surface area contributed by atoms with Crippen molar-refractivity contribution in [3.8, 4) is 0 Å². The number of amides is 1. The van der Waals surface area contributed by atoms with Gasteiger partial charge in [0.15, 0.2) is 0 Å². The van der Waals surface area contributed by atoms with Crippen LogP contribution in [0.25, 0.3) is 10.8 Å². The van der Waals surface area contributed by atoms with Crippen LogP contribution in [-0.2, 0) is 4.79 Å². The number of carboxylic acids is 1. The van der Waals surface area contributed by atoms with Gasteiger partial charge in [-0.15, -0.1) is 0 Å². The monoisotopic (exact) mass is 389 g/mol. The second-order valence-electron chi connectivity index (χ2n) is 6.37. The minimum atomic E-state index is -0.767. The van der Waals surface area contributed by atoms with Crippen LogP contribution in [0.1, 0.15) is 36.0 Å². The molecule has 1 N–H and O–H groups in total. The number of likely N-dealkylation sites (tertiary alicyclic amines) is 1. The number of fused-ring (bicyclic) bond motifs is 1. The first-order chi connectivity index (χ1) is 11.5. The Morgan fingerprint density at radius 3 is 2.83 bits per heavy atom. The van der Waals surface area contributed by atoms with E-state index in [2.05, 4.69) is 15.9 Å². The van der Waals surface area contributed by atoms with E-state index in [1.54, 1.807) is 0 Å². The standard InChI is InChI=1S/C19H20BrNO3/c20-15-10-14-5-1-2-6-16(14)17(11-15)19(24)21-9-3-4-13(12-21)7-8-18(22)23/h1-2,5-6,10-11,13H,3-4,7-9,12H2,(H,22,23). The summed E-state index contributed by atoms with van der Waals surface area (Å²) in [6.07, 6.45) is 2.74. The van der Waals surface area contributed by atoms with Crippen LogP contribution >= 0.6 is 15.9 Å². The molecule has 0 saturated carbocycles. The number of rotatable bonds is 4. The van der Waals surface area contributed by atoms with Crippen molar-refractivity contribution in [2.24, 2.45) is 5.92 Å². The summed E-state index contributed by atoms with van der Waals surface area (Å²) in [4.78, 5) is 25.7. The summed E-state index contributed by atoms with van der Waals surface area (Å²) in [5.74, 6) is -0.457. The van der Waals surface area contributed by atoms with Crippen molar-refractivity contribution in [2.45, 2.75) is 25.7 Å². The van der Waals surface area contributed by atoms with Crippen molar-refractivity contribution in [3.05, 3.63) is 46.4 Å². The maximum atomic E-state index is 13.0. The summed E-state index contributed by atoms with van der Waals surface area (Å²) in [7, 11) is 0. The minimum Gasteiger partial charge on any atom is -0.481 e. The molecule has 1 saturated heterocycles. The Kier molecular flexibility index (Phi) is 5.19. The number of carbonyl (C=O) groups is 2. The molecule has 1 amide bonds. The fraction of sp³-hybridized carbons (Fsp3) is 0.368. The minimum absolute atomic E-state index is 0.0347. The van der Waals surface area contributed by atoms with E-state index in [4.69, 9.17) is 5.11 Å². The first kappa shape index (κ1) is 17.0. The van der Waals surface area contributed by atoms with Crippen LogP contribution in [0, 0.1) is 5.92 Å². The number of halogens is 1.